The predicted octanol–water partition coefficient (Wildman–Crippen LogP) is 14.4. The number of carbonyl (C=O) groups excluding carboxylic acids is 3. The van der Waals surface area contributed by atoms with Gasteiger partial charge in [0, 0.05) is 19.3 Å². The van der Waals surface area contributed by atoms with E-state index >= 15 is 0 Å². The van der Waals surface area contributed by atoms with Crippen molar-refractivity contribution in [3.8, 4) is 0 Å². The molecule has 0 heterocycles. The lowest BCUT2D eigenvalue weighted by Crippen LogP contribution is -2.30. The van der Waals surface area contributed by atoms with Crippen LogP contribution in [0.3, 0.4) is 0 Å². The summed E-state index contributed by atoms with van der Waals surface area (Å²) in [7, 11) is -4.75. The highest BCUT2D eigenvalue weighted by Gasteiger charge is 2.28. The molecule has 11 nitrogen and oxygen atoms in total. The van der Waals surface area contributed by atoms with Gasteiger partial charge < -0.3 is 24.2 Å². The summed E-state index contributed by atoms with van der Waals surface area (Å²) >= 11 is 0. The Hall–Kier alpha value is -3.34. The molecule has 0 radical (unpaired) electrons. The summed E-state index contributed by atoms with van der Waals surface area (Å²) < 4.78 is 39.2. The molecule has 0 aromatic carbocycles. The van der Waals surface area contributed by atoms with Crippen molar-refractivity contribution in [3.63, 3.8) is 0 Å². The number of phosphoric acid groups is 1. The molecule has 0 aliphatic carbocycles. The molecule has 0 saturated carbocycles. The topological polar surface area (TPSA) is 155 Å². The van der Waals surface area contributed by atoms with Gasteiger partial charge in [-0.2, -0.15) is 0 Å². The van der Waals surface area contributed by atoms with E-state index in [0.717, 1.165) is 109 Å². The Labute approximate surface area is 400 Å². The van der Waals surface area contributed by atoms with Crippen molar-refractivity contribution in [2.75, 3.05) is 26.4 Å². The number of hydrogen-bond donors (Lipinski definition) is 2. The molecule has 0 rings (SSSR count). The minimum Gasteiger partial charge on any atom is -0.462 e. The third kappa shape index (κ3) is 45.8. The summed E-state index contributed by atoms with van der Waals surface area (Å²) in [4.78, 5) is 48.2. The zero-order chi connectivity index (χ0) is 48.4. The molecule has 0 aliphatic heterocycles. The Balaban J connectivity index is 4.83. The van der Waals surface area contributed by atoms with Crippen LogP contribution >= 0.6 is 7.82 Å². The van der Waals surface area contributed by atoms with Gasteiger partial charge in [-0.3, -0.25) is 23.4 Å². The molecule has 0 amide bonds. The van der Waals surface area contributed by atoms with Gasteiger partial charge >= 0.3 is 25.7 Å². The van der Waals surface area contributed by atoms with Crippen molar-refractivity contribution in [3.05, 3.63) is 85.1 Å². The van der Waals surface area contributed by atoms with Crippen molar-refractivity contribution >= 4 is 25.7 Å². The van der Waals surface area contributed by atoms with Gasteiger partial charge in [-0.1, -0.05) is 176 Å². The largest absolute Gasteiger partial charge is 0.472 e. The lowest BCUT2D eigenvalue weighted by molar-refractivity contribution is -0.161. The number of ether oxygens (including phenoxy) is 3. The van der Waals surface area contributed by atoms with Crippen LogP contribution < -0.4 is 0 Å². The quantitative estimate of drug-likeness (QED) is 0.0197. The first-order valence-corrected chi connectivity index (χ1v) is 27.0. The third-order valence-electron chi connectivity index (χ3n) is 10.3. The molecule has 12 heteroatoms. The van der Waals surface area contributed by atoms with E-state index in [0.29, 0.717) is 19.3 Å². The molecular formula is C54H91O11P. The second-order valence-corrected chi connectivity index (χ2v) is 18.0. The van der Waals surface area contributed by atoms with Crippen molar-refractivity contribution in [1.82, 2.24) is 0 Å². The fourth-order valence-electron chi connectivity index (χ4n) is 6.48. The monoisotopic (exact) mass is 947 g/mol. The predicted molar refractivity (Wildman–Crippen MR) is 270 cm³/mol. The summed E-state index contributed by atoms with van der Waals surface area (Å²) in [6.45, 7) is 4.30. The SMILES string of the molecule is CC/C=C\C/C=C\C/C=C\C/C=C\CCCCCCC(=O)OCC(COP(=O)(O)OCC(CO)OC(=O)CCCCCCCCCCC)OC(=O)CCCCC/C=C\C/C=C\C/C=C\CC. The van der Waals surface area contributed by atoms with Gasteiger partial charge in [-0.15, -0.1) is 0 Å². The highest BCUT2D eigenvalue weighted by molar-refractivity contribution is 7.47. The molecule has 0 aromatic rings. The molecule has 3 unspecified atom stereocenters. The van der Waals surface area contributed by atoms with E-state index in [1.54, 1.807) is 0 Å². The highest BCUT2D eigenvalue weighted by atomic mass is 31.2. The van der Waals surface area contributed by atoms with E-state index in [9.17, 15) is 28.9 Å². The van der Waals surface area contributed by atoms with Crippen molar-refractivity contribution in [2.45, 2.75) is 213 Å². The third-order valence-corrected chi connectivity index (χ3v) is 11.3. The van der Waals surface area contributed by atoms with Gasteiger partial charge in [0.15, 0.2) is 6.10 Å². The number of phosphoric ester groups is 1. The van der Waals surface area contributed by atoms with Crippen LogP contribution in [-0.4, -0.2) is 66.5 Å². The highest BCUT2D eigenvalue weighted by Crippen LogP contribution is 2.43. The first-order valence-electron chi connectivity index (χ1n) is 25.5. The molecule has 0 fully saturated rings. The van der Waals surface area contributed by atoms with Crippen LogP contribution in [0.2, 0.25) is 0 Å². The summed E-state index contributed by atoms with van der Waals surface area (Å²) in [6.07, 6.45) is 52.8. The minimum absolute atomic E-state index is 0.124. The summed E-state index contributed by atoms with van der Waals surface area (Å²) in [5.41, 5.74) is 0. The maximum Gasteiger partial charge on any atom is 0.472 e. The molecule has 378 valence electrons. The molecule has 0 spiro atoms. The number of hydrogen-bond acceptors (Lipinski definition) is 10. The van der Waals surface area contributed by atoms with Crippen LogP contribution in [0.5, 0.6) is 0 Å². The fraction of sp³-hybridized carbons (Fsp3) is 0.685. The summed E-state index contributed by atoms with van der Waals surface area (Å²) in [6, 6.07) is 0. The molecule has 0 aliphatic rings. The number of aliphatic hydroxyl groups is 1. The molecule has 2 N–H and O–H groups in total. The standard InChI is InChI=1S/C54H91O11P/c1-4-7-10-13-16-19-21-23-24-25-26-28-29-32-34-37-40-43-52(56)61-47-51(65-54(58)45-42-39-36-33-30-27-22-20-17-14-11-8-5-2)49-63-66(59,60)62-48-50(46-55)64-53(57)44-41-38-35-31-18-15-12-9-6-3/h7-8,10-11,16-17,19-20,23-24,26-28,30,50-51,55H,4-6,9,12-15,18,21-22,25,29,31-49H2,1-3H3,(H,59,60)/b10-7-,11-8-,19-16-,20-17-,24-23-,28-26-,30-27-. The zero-order valence-corrected chi connectivity index (χ0v) is 42.3. The number of aliphatic hydroxyl groups excluding tert-OH is 1. The first-order chi connectivity index (χ1) is 32.2. The first kappa shape index (κ1) is 62.7. The smallest absolute Gasteiger partial charge is 0.462 e. The molecular weight excluding hydrogens is 856 g/mol. The van der Waals surface area contributed by atoms with Crippen molar-refractivity contribution < 1.29 is 52.2 Å². The van der Waals surface area contributed by atoms with Gasteiger partial charge in [0.05, 0.1) is 19.8 Å². The molecule has 0 bridgehead atoms. The normalized spacial score (nSPS) is 14.2. The average molecular weight is 947 g/mol. The fourth-order valence-corrected chi connectivity index (χ4v) is 7.26. The van der Waals surface area contributed by atoms with Gasteiger partial charge in [0.25, 0.3) is 0 Å². The Morgan fingerprint density at radius 3 is 1.23 bits per heavy atom. The van der Waals surface area contributed by atoms with E-state index in [-0.39, 0.29) is 25.9 Å². The lowest BCUT2D eigenvalue weighted by Gasteiger charge is -2.21. The van der Waals surface area contributed by atoms with Crippen LogP contribution in [0.15, 0.2) is 85.1 Å². The van der Waals surface area contributed by atoms with Crippen molar-refractivity contribution in [2.24, 2.45) is 0 Å². The second-order valence-electron chi connectivity index (χ2n) is 16.6. The minimum atomic E-state index is -4.75. The van der Waals surface area contributed by atoms with Gasteiger partial charge in [0.2, 0.25) is 0 Å². The molecule has 0 aromatic heterocycles. The van der Waals surface area contributed by atoms with E-state index in [1.165, 1.54) is 32.1 Å². The zero-order valence-electron chi connectivity index (χ0n) is 41.4. The summed E-state index contributed by atoms with van der Waals surface area (Å²) in [5.74, 6) is -1.54. The van der Waals surface area contributed by atoms with Crippen LogP contribution in [0.1, 0.15) is 201 Å². The lowest BCUT2D eigenvalue weighted by atomic mass is 10.1. The van der Waals surface area contributed by atoms with E-state index < -0.39 is 57.8 Å². The number of unbranched alkanes of at least 4 members (excludes halogenated alkanes) is 15. The number of rotatable bonds is 46. The Morgan fingerprint density at radius 2 is 0.788 bits per heavy atom. The average Bonchev–Trinajstić information content (AvgIpc) is 3.30. The van der Waals surface area contributed by atoms with Gasteiger partial charge in [-0.05, 0) is 89.9 Å². The number of allylic oxidation sites excluding steroid dienone is 14. The van der Waals surface area contributed by atoms with Crippen LogP contribution in [0.4, 0.5) is 0 Å². The second kappa shape index (κ2) is 48.1. The van der Waals surface area contributed by atoms with Gasteiger partial charge in [0.1, 0.15) is 12.7 Å². The molecule has 3 atom stereocenters. The van der Waals surface area contributed by atoms with Crippen LogP contribution in [0, 0.1) is 0 Å². The Bertz CT molecular complexity index is 1430. The van der Waals surface area contributed by atoms with Crippen LogP contribution in [0.25, 0.3) is 0 Å². The van der Waals surface area contributed by atoms with E-state index in [4.69, 9.17) is 23.3 Å². The summed E-state index contributed by atoms with van der Waals surface area (Å²) in [5, 5.41) is 9.74. The number of esters is 3. The molecule has 0 saturated heterocycles. The molecule has 66 heavy (non-hydrogen) atoms. The Morgan fingerprint density at radius 1 is 0.439 bits per heavy atom. The Kier molecular flexibility index (Phi) is 45.7. The van der Waals surface area contributed by atoms with Crippen LogP contribution in [-0.2, 0) is 42.2 Å². The van der Waals surface area contributed by atoms with Crippen molar-refractivity contribution in [1.29, 1.82) is 0 Å². The maximum absolute atomic E-state index is 12.8. The van der Waals surface area contributed by atoms with Gasteiger partial charge in [-0.25, -0.2) is 4.57 Å². The van der Waals surface area contributed by atoms with E-state index in [2.05, 4.69) is 106 Å². The van der Waals surface area contributed by atoms with E-state index in [1.807, 2.05) is 0 Å². The maximum atomic E-state index is 12.8. The number of carbonyl (C=O) groups is 3.